The summed E-state index contributed by atoms with van der Waals surface area (Å²) in [6.07, 6.45) is 0. The second-order valence-corrected chi connectivity index (χ2v) is 5.78. The van der Waals surface area contributed by atoms with Gasteiger partial charge >= 0.3 is 0 Å². The predicted octanol–water partition coefficient (Wildman–Crippen LogP) is 4.04. The van der Waals surface area contributed by atoms with E-state index in [1.807, 2.05) is 0 Å². The highest BCUT2D eigenvalue weighted by atomic mass is 19.1. The average molecular weight is 263 g/mol. The summed E-state index contributed by atoms with van der Waals surface area (Å²) in [6.45, 7) is 9.82. The smallest absolute Gasteiger partial charge is 0.201 e. The maximum Gasteiger partial charge on any atom is 0.201 e. The van der Waals surface area contributed by atoms with Gasteiger partial charge in [-0.2, -0.15) is 0 Å². The number of aromatic amines is 1. The lowest BCUT2D eigenvalue weighted by Crippen LogP contribution is -2.24. The van der Waals surface area contributed by atoms with Crippen molar-refractivity contribution in [2.24, 2.45) is 17.8 Å². The molecule has 1 aromatic heterocycles. The number of fused-ring (bicyclic) bond motifs is 1. The zero-order chi connectivity index (χ0) is 14.0. The number of hydrogen-bond donors (Lipinski definition) is 2. The van der Waals surface area contributed by atoms with E-state index in [-0.39, 0.29) is 5.82 Å². The van der Waals surface area contributed by atoms with E-state index in [0.717, 1.165) is 17.6 Å². The van der Waals surface area contributed by atoms with E-state index in [0.29, 0.717) is 23.7 Å². The fourth-order valence-corrected chi connectivity index (χ4v) is 2.52. The number of benzene rings is 1. The fraction of sp³-hybridized carbons (Fsp3) is 0.533. The van der Waals surface area contributed by atoms with Gasteiger partial charge in [0.25, 0.3) is 0 Å². The first-order valence-electron chi connectivity index (χ1n) is 6.86. The lowest BCUT2D eigenvalue weighted by molar-refractivity contribution is 0.304. The van der Waals surface area contributed by atoms with Gasteiger partial charge in [0.2, 0.25) is 5.95 Å². The van der Waals surface area contributed by atoms with Crippen molar-refractivity contribution in [1.82, 2.24) is 9.97 Å². The van der Waals surface area contributed by atoms with Crippen molar-refractivity contribution in [1.29, 1.82) is 0 Å². The van der Waals surface area contributed by atoms with Gasteiger partial charge in [-0.25, -0.2) is 9.37 Å². The van der Waals surface area contributed by atoms with Crippen LogP contribution in [0, 0.1) is 23.6 Å². The van der Waals surface area contributed by atoms with Crippen LogP contribution in [0.1, 0.15) is 27.7 Å². The molecule has 0 aliphatic carbocycles. The van der Waals surface area contributed by atoms with Gasteiger partial charge in [-0.15, -0.1) is 0 Å². The summed E-state index contributed by atoms with van der Waals surface area (Å²) >= 11 is 0. The van der Waals surface area contributed by atoms with Gasteiger partial charge in [0.05, 0.1) is 11.0 Å². The van der Waals surface area contributed by atoms with E-state index < -0.39 is 0 Å². The molecule has 0 aliphatic rings. The Bertz CT molecular complexity index is 537. The number of halogens is 1. The van der Waals surface area contributed by atoms with Crippen LogP contribution in [0.3, 0.4) is 0 Å². The van der Waals surface area contributed by atoms with Crippen LogP contribution in [0.4, 0.5) is 10.3 Å². The number of nitrogens with one attached hydrogen (secondary N) is 2. The molecule has 3 nitrogen and oxygen atoms in total. The maximum atomic E-state index is 13.1. The molecule has 2 aromatic rings. The number of hydrogen-bond acceptors (Lipinski definition) is 2. The molecule has 0 aliphatic heterocycles. The third kappa shape index (κ3) is 3.25. The van der Waals surface area contributed by atoms with Gasteiger partial charge in [0, 0.05) is 6.54 Å². The molecule has 104 valence electrons. The summed E-state index contributed by atoms with van der Waals surface area (Å²) in [4.78, 5) is 7.52. The Kier molecular flexibility index (Phi) is 4.08. The van der Waals surface area contributed by atoms with E-state index in [1.54, 1.807) is 6.07 Å². The highest BCUT2D eigenvalue weighted by Gasteiger charge is 2.17. The standard InChI is InChI=1S/C15H22FN3/c1-9(2)12(10(3)4)8-17-15-18-13-6-5-11(16)7-14(13)19-15/h5-7,9-10,12H,8H2,1-4H3,(H2,17,18,19). The molecule has 0 spiro atoms. The molecule has 19 heavy (non-hydrogen) atoms. The molecule has 0 radical (unpaired) electrons. The third-order valence-electron chi connectivity index (χ3n) is 3.66. The molecule has 1 aromatic carbocycles. The molecule has 0 saturated carbocycles. The van der Waals surface area contributed by atoms with Crippen molar-refractivity contribution in [2.45, 2.75) is 27.7 Å². The monoisotopic (exact) mass is 263 g/mol. The van der Waals surface area contributed by atoms with E-state index >= 15 is 0 Å². The number of rotatable bonds is 5. The number of imidazole rings is 1. The van der Waals surface area contributed by atoms with Crippen molar-refractivity contribution in [2.75, 3.05) is 11.9 Å². The van der Waals surface area contributed by atoms with Crippen LogP contribution in [-0.2, 0) is 0 Å². The first kappa shape index (κ1) is 13.8. The van der Waals surface area contributed by atoms with Crippen molar-refractivity contribution < 1.29 is 4.39 Å². The Morgan fingerprint density at radius 1 is 1.21 bits per heavy atom. The number of H-pyrrole nitrogens is 1. The van der Waals surface area contributed by atoms with Crippen LogP contribution in [0.5, 0.6) is 0 Å². The second-order valence-electron chi connectivity index (χ2n) is 5.78. The molecule has 1 heterocycles. The van der Waals surface area contributed by atoms with Crippen LogP contribution < -0.4 is 5.32 Å². The number of aromatic nitrogens is 2. The molecule has 0 fully saturated rings. The van der Waals surface area contributed by atoms with Crippen LogP contribution in [0.15, 0.2) is 18.2 Å². The summed E-state index contributed by atoms with van der Waals surface area (Å²) in [6, 6.07) is 4.59. The molecule has 0 unspecified atom stereocenters. The average Bonchev–Trinajstić information content (AvgIpc) is 2.70. The molecule has 0 saturated heterocycles. The maximum absolute atomic E-state index is 13.1. The quantitative estimate of drug-likeness (QED) is 0.854. The summed E-state index contributed by atoms with van der Waals surface area (Å²) in [5, 5.41) is 3.33. The van der Waals surface area contributed by atoms with E-state index in [4.69, 9.17) is 0 Å². The molecule has 4 heteroatoms. The van der Waals surface area contributed by atoms with Crippen LogP contribution in [0.2, 0.25) is 0 Å². The minimum atomic E-state index is -0.245. The Hall–Kier alpha value is -1.58. The molecule has 0 amide bonds. The molecule has 0 atom stereocenters. The second kappa shape index (κ2) is 5.59. The lowest BCUT2D eigenvalue weighted by Gasteiger charge is -2.24. The Morgan fingerprint density at radius 2 is 1.89 bits per heavy atom. The zero-order valence-electron chi connectivity index (χ0n) is 12.0. The molecule has 2 rings (SSSR count). The number of anilines is 1. The first-order chi connectivity index (χ1) is 8.97. The highest BCUT2D eigenvalue weighted by molar-refractivity contribution is 5.77. The fourth-order valence-electron chi connectivity index (χ4n) is 2.52. The van der Waals surface area contributed by atoms with Crippen LogP contribution >= 0.6 is 0 Å². The molecule has 2 N–H and O–H groups in total. The minimum absolute atomic E-state index is 0.245. The van der Waals surface area contributed by atoms with E-state index in [9.17, 15) is 4.39 Å². The Labute approximate surface area is 113 Å². The van der Waals surface area contributed by atoms with Crippen molar-refractivity contribution in [3.05, 3.63) is 24.0 Å². The molecule has 0 bridgehead atoms. The van der Waals surface area contributed by atoms with Crippen LogP contribution in [-0.4, -0.2) is 16.5 Å². The van der Waals surface area contributed by atoms with Gasteiger partial charge in [-0.05, 0) is 36.0 Å². The Balaban J connectivity index is 2.09. The number of nitrogens with zero attached hydrogens (tertiary/aromatic N) is 1. The van der Waals surface area contributed by atoms with Crippen molar-refractivity contribution in [3.63, 3.8) is 0 Å². The lowest BCUT2D eigenvalue weighted by atomic mass is 9.85. The van der Waals surface area contributed by atoms with Gasteiger partial charge in [0.15, 0.2) is 0 Å². The topological polar surface area (TPSA) is 40.7 Å². The summed E-state index contributed by atoms with van der Waals surface area (Å²) in [5.74, 6) is 2.30. The van der Waals surface area contributed by atoms with E-state index in [2.05, 4.69) is 43.0 Å². The van der Waals surface area contributed by atoms with Crippen molar-refractivity contribution in [3.8, 4) is 0 Å². The first-order valence-corrected chi connectivity index (χ1v) is 6.86. The van der Waals surface area contributed by atoms with Gasteiger partial charge in [-0.1, -0.05) is 27.7 Å². The Morgan fingerprint density at radius 3 is 2.53 bits per heavy atom. The minimum Gasteiger partial charge on any atom is -0.356 e. The van der Waals surface area contributed by atoms with Crippen molar-refractivity contribution >= 4 is 17.0 Å². The molecular weight excluding hydrogens is 241 g/mol. The SMILES string of the molecule is CC(C)C(CNc1nc2ccc(F)cc2[nH]1)C(C)C. The van der Waals surface area contributed by atoms with E-state index in [1.165, 1.54) is 12.1 Å². The highest BCUT2D eigenvalue weighted by Crippen LogP contribution is 2.21. The largest absolute Gasteiger partial charge is 0.356 e. The zero-order valence-corrected chi connectivity index (χ0v) is 12.0. The van der Waals surface area contributed by atoms with Crippen LogP contribution in [0.25, 0.3) is 11.0 Å². The summed E-state index contributed by atoms with van der Waals surface area (Å²) in [7, 11) is 0. The molecular formula is C15H22FN3. The normalized spacial score (nSPS) is 12.0. The summed E-state index contributed by atoms with van der Waals surface area (Å²) in [5.41, 5.74) is 1.52. The third-order valence-corrected chi connectivity index (χ3v) is 3.66. The van der Waals surface area contributed by atoms with Gasteiger partial charge in [-0.3, -0.25) is 0 Å². The summed E-state index contributed by atoms with van der Waals surface area (Å²) < 4.78 is 13.1. The van der Waals surface area contributed by atoms with Gasteiger partial charge in [0.1, 0.15) is 5.82 Å². The van der Waals surface area contributed by atoms with Gasteiger partial charge < -0.3 is 10.3 Å². The predicted molar refractivity (Wildman–Crippen MR) is 77.7 cm³/mol.